The van der Waals surface area contributed by atoms with Gasteiger partial charge in [0.05, 0.1) is 12.3 Å². The zero-order valence-electron chi connectivity index (χ0n) is 11.3. The predicted molar refractivity (Wildman–Crippen MR) is 76.9 cm³/mol. The molecule has 0 amide bonds. The second kappa shape index (κ2) is 4.87. The van der Waals surface area contributed by atoms with Gasteiger partial charge >= 0.3 is 0 Å². The summed E-state index contributed by atoms with van der Waals surface area (Å²) < 4.78 is 5.55. The molecule has 4 heteroatoms. The zero-order valence-corrected chi connectivity index (χ0v) is 11.3. The van der Waals surface area contributed by atoms with Crippen molar-refractivity contribution in [1.82, 2.24) is 15.3 Å². The smallest absolute Gasteiger partial charge is 0.133 e. The van der Waals surface area contributed by atoms with Gasteiger partial charge in [-0.15, -0.1) is 0 Å². The number of benzene rings is 1. The van der Waals surface area contributed by atoms with E-state index in [0.717, 1.165) is 55.4 Å². The Morgan fingerprint density at radius 2 is 2.25 bits per heavy atom. The monoisotopic (exact) mass is 267 g/mol. The van der Waals surface area contributed by atoms with Crippen molar-refractivity contribution < 1.29 is 4.74 Å². The fraction of sp³-hybridized carbons (Fsp3) is 0.375. The molecule has 2 aliphatic heterocycles. The van der Waals surface area contributed by atoms with Gasteiger partial charge in [0.2, 0.25) is 0 Å². The lowest BCUT2D eigenvalue weighted by molar-refractivity contribution is 0.357. The Morgan fingerprint density at radius 3 is 3.15 bits per heavy atom. The second-order valence-electron chi connectivity index (χ2n) is 5.41. The minimum Gasteiger partial charge on any atom is -0.493 e. The van der Waals surface area contributed by atoms with Crippen molar-refractivity contribution in [2.75, 3.05) is 19.7 Å². The van der Waals surface area contributed by atoms with Gasteiger partial charge in [-0.3, -0.25) is 0 Å². The third kappa shape index (κ3) is 2.06. The first-order valence-electron chi connectivity index (χ1n) is 7.20. The lowest BCUT2D eigenvalue weighted by Crippen LogP contribution is -2.10. The zero-order chi connectivity index (χ0) is 13.4. The van der Waals surface area contributed by atoms with Gasteiger partial charge in [0.25, 0.3) is 0 Å². The fourth-order valence-electron chi connectivity index (χ4n) is 2.95. The summed E-state index contributed by atoms with van der Waals surface area (Å²) in [5.41, 5.74) is 3.45. The van der Waals surface area contributed by atoms with Crippen LogP contribution in [0, 0.1) is 0 Å². The minimum atomic E-state index is 0.452. The average molecular weight is 267 g/mol. The first-order chi connectivity index (χ1) is 9.90. The van der Waals surface area contributed by atoms with Gasteiger partial charge < -0.3 is 10.1 Å². The van der Waals surface area contributed by atoms with Crippen molar-refractivity contribution in [2.24, 2.45) is 0 Å². The van der Waals surface area contributed by atoms with Crippen LogP contribution in [0.25, 0.3) is 11.3 Å². The number of ether oxygens (including phenoxy) is 1. The van der Waals surface area contributed by atoms with Gasteiger partial charge in [-0.25, -0.2) is 9.97 Å². The van der Waals surface area contributed by atoms with Gasteiger partial charge in [0.1, 0.15) is 11.6 Å². The summed E-state index contributed by atoms with van der Waals surface area (Å²) in [6, 6.07) is 8.32. The van der Waals surface area contributed by atoms with Gasteiger partial charge in [-0.1, -0.05) is 0 Å². The maximum atomic E-state index is 5.55. The summed E-state index contributed by atoms with van der Waals surface area (Å²) in [6.07, 6.45) is 3.99. The van der Waals surface area contributed by atoms with Crippen LogP contribution in [-0.2, 0) is 6.42 Å². The molecular formula is C16H17N3O. The Morgan fingerprint density at radius 1 is 1.25 bits per heavy atom. The van der Waals surface area contributed by atoms with E-state index in [1.54, 1.807) is 0 Å². The molecule has 3 heterocycles. The number of fused-ring (bicyclic) bond motifs is 1. The largest absolute Gasteiger partial charge is 0.493 e. The van der Waals surface area contributed by atoms with E-state index in [9.17, 15) is 0 Å². The van der Waals surface area contributed by atoms with Crippen LogP contribution < -0.4 is 10.1 Å². The average Bonchev–Trinajstić information content (AvgIpc) is 3.18. The van der Waals surface area contributed by atoms with E-state index in [-0.39, 0.29) is 0 Å². The van der Waals surface area contributed by atoms with Crippen LogP contribution in [0.15, 0.2) is 30.5 Å². The fourth-order valence-corrected chi connectivity index (χ4v) is 2.95. The molecule has 0 spiro atoms. The third-order valence-corrected chi connectivity index (χ3v) is 4.08. The Labute approximate surface area is 118 Å². The lowest BCUT2D eigenvalue weighted by Gasteiger charge is -2.09. The normalized spacial score (nSPS) is 20.7. The number of rotatable bonds is 2. The SMILES string of the molecule is c1cc(-c2ccc3c(c2)CCO3)nc(C2CCNC2)n1. The molecule has 0 bridgehead atoms. The highest BCUT2D eigenvalue weighted by atomic mass is 16.5. The Balaban J connectivity index is 1.69. The standard InChI is InChI=1S/C16H17N3O/c1-2-15-12(5-8-20-15)9-11(1)14-4-7-18-16(19-14)13-3-6-17-10-13/h1-2,4,7,9,13,17H,3,5-6,8,10H2. The number of nitrogens with zero attached hydrogens (tertiary/aromatic N) is 2. The van der Waals surface area contributed by atoms with Gasteiger partial charge in [0.15, 0.2) is 0 Å². The molecule has 2 aliphatic rings. The van der Waals surface area contributed by atoms with Crippen LogP contribution >= 0.6 is 0 Å². The minimum absolute atomic E-state index is 0.452. The van der Waals surface area contributed by atoms with Gasteiger partial charge in [0, 0.05) is 30.6 Å². The Bertz CT molecular complexity index is 635. The summed E-state index contributed by atoms with van der Waals surface area (Å²) in [5.74, 6) is 2.43. The first kappa shape index (κ1) is 11.9. The van der Waals surface area contributed by atoms with Gasteiger partial charge in [-0.05, 0) is 42.8 Å². The molecule has 1 fully saturated rings. The molecular weight excluding hydrogens is 250 g/mol. The van der Waals surface area contributed by atoms with E-state index >= 15 is 0 Å². The molecule has 1 aromatic carbocycles. The van der Waals surface area contributed by atoms with E-state index in [1.807, 2.05) is 12.3 Å². The molecule has 1 saturated heterocycles. The molecule has 1 N–H and O–H groups in total. The topological polar surface area (TPSA) is 47.0 Å². The molecule has 4 rings (SSSR count). The van der Waals surface area contributed by atoms with Gasteiger partial charge in [-0.2, -0.15) is 0 Å². The van der Waals surface area contributed by atoms with Crippen molar-refractivity contribution in [2.45, 2.75) is 18.8 Å². The number of hydrogen-bond donors (Lipinski definition) is 1. The van der Waals surface area contributed by atoms with E-state index in [2.05, 4.69) is 28.5 Å². The van der Waals surface area contributed by atoms with E-state index in [4.69, 9.17) is 9.72 Å². The van der Waals surface area contributed by atoms with Crippen molar-refractivity contribution in [3.05, 3.63) is 41.9 Å². The van der Waals surface area contributed by atoms with Crippen LogP contribution in [0.4, 0.5) is 0 Å². The van der Waals surface area contributed by atoms with Crippen LogP contribution in [0.2, 0.25) is 0 Å². The lowest BCUT2D eigenvalue weighted by atomic mass is 10.0. The second-order valence-corrected chi connectivity index (χ2v) is 5.41. The molecule has 102 valence electrons. The number of aromatic nitrogens is 2. The Hall–Kier alpha value is -1.94. The third-order valence-electron chi connectivity index (χ3n) is 4.08. The summed E-state index contributed by atoms with van der Waals surface area (Å²) in [6.45, 7) is 2.84. The molecule has 2 aromatic rings. The molecule has 4 nitrogen and oxygen atoms in total. The van der Waals surface area contributed by atoms with Crippen LogP contribution in [0.1, 0.15) is 23.7 Å². The molecule has 1 aromatic heterocycles. The number of nitrogens with one attached hydrogen (secondary N) is 1. The highest BCUT2D eigenvalue weighted by Gasteiger charge is 2.20. The molecule has 1 atom stereocenters. The molecule has 1 unspecified atom stereocenters. The molecule has 0 radical (unpaired) electrons. The summed E-state index contributed by atoms with van der Waals surface area (Å²) in [7, 11) is 0. The highest BCUT2D eigenvalue weighted by molar-refractivity contribution is 5.62. The maximum absolute atomic E-state index is 5.55. The van der Waals surface area contributed by atoms with Crippen molar-refractivity contribution in [3.63, 3.8) is 0 Å². The summed E-state index contributed by atoms with van der Waals surface area (Å²) in [5, 5.41) is 3.37. The molecule has 20 heavy (non-hydrogen) atoms. The van der Waals surface area contributed by atoms with Crippen LogP contribution in [0.5, 0.6) is 5.75 Å². The van der Waals surface area contributed by atoms with Crippen LogP contribution in [0.3, 0.4) is 0 Å². The molecule has 0 saturated carbocycles. The molecule has 0 aliphatic carbocycles. The van der Waals surface area contributed by atoms with Crippen molar-refractivity contribution in [1.29, 1.82) is 0 Å². The maximum Gasteiger partial charge on any atom is 0.133 e. The van der Waals surface area contributed by atoms with E-state index < -0.39 is 0 Å². The summed E-state index contributed by atoms with van der Waals surface area (Å²) in [4.78, 5) is 9.20. The van der Waals surface area contributed by atoms with E-state index in [1.165, 1.54) is 5.56 Å². The predicted octanol–water partition coefficient (Wildman–Crippen LogP) is 2.16. The van der Waals surface area contributed by atoms with E-state index in [0.29, 0.717) is 5.92 Å². The summed E-state index contributed by atoms with van der Waals surface area (Å²) >= 11 is 0. The number of hydrogen-bond acceptors (Lipinski definition) is 4. The first-order valence-corrected chi connectivity index (χ1v) is 7.20. The quantitative estimate of drug-likeness (QED) is 0.905. The Kier molecular flexibility index (Phi) is 2.89. The van der Waals surface area contributed by atoms with Crippen molar-refractivity contribution >= 4 is 0 Å². The van der Waals surface area contributed by atoms with Crippen LogP contribution in [-0.4, -0.2) is 29.7 Å². The van der Waals surface area contributed by atoms with Crippen molar-refractivity contribution in [3.8, 4) is 17.0 Å². The highest BCUT2D eigenvalue weighted by Crippen LogP contribution is 2.30.